The van der Waals surface area contributed by atoms with Crippen molar-refractivity contribution in [3.63, 3.8) is 0 Å². The third-order valence-electron chi connectivity index (χ3n) is 3.66. The van der Waals surface area contributed by atoms with Crippen LogP contribution < -0.4 is 10.6 Å². The number of nitrogens with zero attached hydrogens (tertiary/aromatic N) is 2. The van der Waals surface area contributed by atoms with E-state index in [9.17, 15) is 9.59 Å². The summed E-state index contributed by atoms with van der Waals surface area (Å²) in [5, 5.41) is 8.09. The number of amides is 2. The molecule has 0 aliphatic carbocycles. The molecule has 26 heavy (non-hydrogen) atoms. The van der Waals surface area contributed by atoms with Crippen molar-refractivity contribution < 1.29 is 9.59 Å². The number of carbonyl (C=O) groups excluding carboxylic acids is 2. The molecule has 2 heterocycles. The van der Waals surface area contributed by atoms with Crippen molar-refractivity contribution in [1.29, 1.82) is 0 Å². The molecule has 0 radical (unpaired) electrons. The van der Waals surface area contributed by atoms with Crippen LogP contribution in [0, 0.1) is 0 Å². The molecule has 2 N–H and O–H groups in total. The standard InChI is InChI=1S/C19H18N4O2S/c1-20-17(24)10-13-5-7-14(8-6-13)22-18(25)11-15-12-26-19(23-15)16-4-2-3-9-21-16/h2-9,12H,10-11H2,1H3,(H,20,24)(H,22,25). The smallest absolute Gasteiger partial charge is 0.230 e. The third-order valence-corrected chi connectivity index (χ3v) is 4.57. The summed E-state index contributed by atoms with van der Waals surface area (Å²) in [6.45, 7) is 0. The monoisotopic (exact) mass is 366 g/mol. The highest BCUT2D eigenvalue weighted by Crippen LogP contribution is 2.21. The highest BCUT2D eigenvalue weighted by molar-refractivity contribution is 7.13. The van der Waals surface area contributed by atoms with Crippen LogP contribution in [0.3, 0.4) is 0 Å². The Kier molecular flexibility index (Phi) is 5.70. The quantitative estimate of drug-likeness (QED) is 0.702. The summed E-state index contributed by atoms with van der Waals surface area (Å²) in [6.07, 6.45) is 2.24. The molecule has 3 aromatic rings. The summed E-state index contributed by atoms with van der Waals surface area (Å²) in [5.74, 6) is -0.184. The number of rotatable bonds is 6. The van der Waals surface area contributed by atoms with E-state index in [4.69, 9.17) is 0 Å². The minimum atomic E-state index is -0.137. The Bertz CT molecular complexity index is 891. The Labute approximate surface area is 155 Å². The van der Waals surface area contributed by atoms with E-state index in [2.05, 4.69) is 20.6 Å². The van der Waals surface area contributed by atoms with Crippen LogP contribution in [0.2, 0.25) is 0 Å². The lowest BCUT2D eigenvalue weighted by Crippen LogP contribution is -2.20. The van der Waals surface area contributed by atoms with Crippen LogP contribution >= 0.6 is 11.3 Å². The second-order valence-corrected chi connectivity index (χ2v) is 6.49. The Hall–Kier alpha value is -3.06. The minimum Gasteiger partial charge on any atom is -0.359 e. The first kappa shape index (κ1) is 17.8. The predicted octanol–water partition coefficient (Wildman–Crippen LogP) is 2.67. The van der Waals surface area contributed by atoms with Crippen molar-refractivity contribution in [2.75, 3.05) is 12.4 Å². The first-order valence-corrected chi connectivity index (χ1v) is 8.97. The van der Waals surface area contributed by atoms with Crippen LogP contribution in [-0.2, 0) is 22.4 Å². The van der Waals surface area contributed by atoms with E-state index in [0.717, 1.165) is 16.3 Å². The first-order chi connectivity index (χ1) is 12.6. The predicted molar refractivity (Wildman–Crippen MR) is 102 cm³/mol. The molecule has 2 amide bonds. The average molecular weight is 366 g/mol. The normalized spacial score (nSPS) is 10.3. The Morgan fingerprint density at radius 3 is 2.54 bits per heavy atom. The van der Waals surface area contributed by atoms with Crippen molar-refractivity contribution in [2.24, 2.45) is 0 Å². The van der Waals surface area contributed by atoms with Gasteiger partial charge in [-0.15, -0.1) is 11.3 Å². The molecular formula is C19H18N4O2S. The number of hydrogen-bond donors (Lipinski definition) is 2. The van der Waals surface area contributed by atoms with E-state index in [1.54, 1.807) is 25.4 Å². The fourth-order valence-electron chi connectivity index (χ4n) is 2.34. The molecule has 0 unspecified atom stereocenters. The van der Waals surface area contributed by atoms with Crippen LogP contribution in [-0.4, -0.2) is 28.8 Å². The Morgan fingerprint density at radius 2 is 1.85 bits per heavy atom. The van der Waals surface area contributed by atoms with E-state index >= 15 is 0 Å². The minimum absolute atomic E-state index is 0.0472. The third kappa shape index (κ3) is 4.73. The second kappa shape index (κ2) is 8.35. The van der Waals surface area contributed by atoms with Crippen molar-refractivity contribution in [2.45, 2.75) is 12.8 Å². The molecule has 1 aromatic carbocycles. The topological polar surface area (TPSA) is 84.0 Å². The van der Waals surface area contributed by atoms with Crippen LogP contribution in [0.5, 0.6) is 0 Å². The van der Waals surface area contributed by atoms with Gasteiger partial charge in [0.2, 0.25) is 11.8 Å². The van der Waals surface area contributed by atoms with Crippen LogP contribution in [0.4, 0.5) is 5.69 Å². The SMILES string of the molecule is CNC(=O)Cc1ccc(NC(=O)Cc2csc(-c3ccccn3)n2)cc1. The van der Waals surface area contributed by atoms with Gasteiger partial charge in [0.05, 0.1) is 24.2 Å². The van der Waals surface area contributed by atoms with Gasteiger partial charge in [-0.3, -0.25) is 14.6 Å². The fourth-order valence-corrected chi connectivity index (χ4v) is 3.14. The molecule has 0 spiro atoms. The van der Waals surface area contributed by atoms with E-state index in [0.29, 0.717) is 17.8 Å². The van der Waals surface area contributed by atoms with E-state index in [1.807, 2.05) is 35.7 Å². The van der Waals surface area contributed by atoms with Gasteiger partial charge in [0, 0.05) is 24.3 Å². The lowest BCUT2D eigenvalue weighted by molar-refractivity contribution is -0.120. The van der Waals surface area contributed by atoms with Gasteiger partial charge in [0.15, 0.2) is 0 Å². The van der Waals surface area contributed by atoms with Gasteiger partial charge in [-0.2, -0.15) is 0 Å². The van der Waals surface area contributed by atoms with Gasteiger partial charge in [0.25, 0.3) is 0 Å². The number of hydrogen-bond acceptors (Lipinski definition) is 5. The van der Waals surface area contributed by atoms with Gasteiger partial charge < -0.3 is 10.6 Å². The molecule has 0 saturated heterocycles. The number of anilines is 1. The van der Waals surface area contributed by atoms with Crippen molar-refractivity contribution in [3.05, 3.63) is 65.3 Å². The number of benzene rings is 1. The summed E-state index contributed by atoms with van der Waals surface area (Å²) in [7, 11) is 1.61. The molecule has 7 heteroatoms. The Balaban J connectivity index is 1.57. The molecule has 6 nitrogen and oxygen atoms in total. The van der Waals surface area contributed by atoms with Crippen molar-refractivity contribution in [3.8, 4) is 10.7 Å². The summed E-state index contributed by atoms with van der Waals surface area (Å²) in [5.41, 5.74) is 3.10. The van der Waals surface area contributed by atoms with Crippen molar-refractivity contribution in [1.82, 2.24) is 15.3 Å². The number of likely N-dealkylation sites (N-methyl/N-ethyl adjacent to an activating group) is 1. The molecule has 0 fully saturated rings. The van der Waals surface area contributed by atoms with E-state index in [-0.39, 0.29) is 18.2 Å². The fraction of sp³-hybridized carbons (Fsp3) is 0.158. The zero-order valence-corrected chi connectivity index (χ0v) is 15.0. The lowest BCUT2D eigenvalue weighted by atomic mass is 10.1. The zero-order chi connectivity index (χ0) is 18.4. The van der Waals surface area contributed by atoms with Crippen LogP contribution in [0.25, 0.3) is 10.7 Å². The van der Waals surface area contributed by atoms with E-state index < -0.39 is 0 Å². The van der Waals surface area contributed by atoms with Gasteiger partial charge in [-0.05, 0) is 29.8 Å². The summed E-state index contributed by atoms with van der Waals surface area (Å²) in [6, 6.07) is 12.9. The molecule has 3 rings (SSSR count). The highest BCUT2D eigenvalue weighted by atomic mass is 32.1. The summed E-state index contributed by atoms with van der Waals surface area (Å²) in [4.78, 5) is 32.3. The van der Waals surface area contributed by atoms with Crippen LogP contribution in [0.15, 0.2) is 54.0 Å². The molecule has 0 atom stereocenters. The molecule has 2 aromatic heterocycles. The number of aromatic nitrogens is 2. The average Bonchev–Trinajstić information content (AvgIpc) is 3.12. The molecule has 0 saturated carbocycles. The van der Waals surface area contributed by atoms with Gasteiger partial charge >= 0.3 is 0 Å². The number of thiazole rings is 1. The maximum absolute atomic E-state index is 12.2. The highest BCUT2D eigenvalue weighted by Gasteiger charge is 2.10. The summed E-state index contributed by atoms with van der Waals surface area (Å²) >= 11 is 1.47. The van der Waals surface area contributed by atoms with Gasteiger partial charge in [-0.25, -0.2) is 4.98 Å². The van der Waals surface area contributed by atoms with Crippen LogP contribution in [0.1, 0.15) is 11.3 Å². The largest absolute Gasteiger partial charge is 0.359 e. The van der Waals surface area contributed by atoms with Gasteiger partial charge in [0.1, 0.15) is 5.01 Å². The zero-order valence-electron chi connectivity index (χ0n) is 14.2. The molecule has 0 aliphatic rings. The molecule has 132 valence electrons. The van der Waals surface area contributed by atoms with Gasteiger partial charge in [-0.1, -0.05) is 18.2 Å². The molecular weight excluding hydrogens is 348 g/mol. The van der Waals surface area contributed by atoms with E-state index in [1.165, 1.54) is 11.3 Å². The Morgan fingerprint density at radius 1 is 1.04 bits per heavy atom. The lowest BCUT2D eigenvalue weighted by Gasteiger charge is -2.06. The molecule has 0 aliphatic heterocycles. The number of carbonyl (C=O) groups is 2. The first-order valence-electron chi connectivity index (χ1n) is 8.09. The summed E-state index contributed by atoms with van der Waals surface area (Å²) < 4.78 is 0. The number of nitrogens with one attached hydrogen (secondary N) is 2. The molecule has 0 bridgehead atoms. The van der Waals surface area contributed by atoms with Crippen molar-refractivity contribution >= 4 is 28.8 Å². The second-order valence-electron chi connectivity index (χ2n) is 5.63. The maximum atomic E-state index is 12.2. The maximum Gasteiger partial charge on any atom is 0.230 e. The number of pyridine rings is 1.